The summed E-state index contributed by atoms with van der Waals surface area (Å²) < 4.78 is 0.723. The van der Waals surface area contributed by atoms with E-state index in [0.717, 1.165) is 22.9 Å². The van der Waals surface area contributed by atoms with Gasteiger partial charge in [0, 0.05) is 10.5 Å². The smallest absolute Gasteiger partial charge is 0.293 e. The second-order valence-electron chi connectivity index (χ2n) is 3.46. The molecule has 4 nitrogen and oxygen atoms in total. The van der Waals surface area contributed by atoms with Crippen LogP contribution in [0, 0.1) is 10.1 Å². The number of nitro benzene ring substituents is 1. The van der Waals surface area contributed by atoms with E-state index in [1.54, 1.807) is 0 Å². The van der Waals surface area contributed by atoms with E-state index >= 15 is 0 Å². The third kappa shape index (κ3) is 1.59. The summed E-state index contributed by atoms with van der Waals surface area (Å²) >= 11 is 3.25. The van der Waals surface area contributed by atoms with Gasteiger partial charge in [-0.3, -0.25) is 10.1 Å². The molecule has 2 rings (SSSR count). The first kappa shape index (κ1) is 9.45. The van der Waals surface area contributed by atoms with E-state index in [1.807, 2.05) is 6.07 Å². The van der Waals surface area contributed by atoms with Gasteiger partial charge in [-0.1, -0.05) is 15.9 Å². The molecule has 0 radical (unpaired) electrons. The first-order chi connectivity index (χ1) is 6.59. The molecule has 0 aromatic heterocycles. The zero-order valence-corrected chi connectivity index (χ0v) is 8.95. The Morgan fingerprint density at radius 2 is 2.14 bits per heavy atom. The van der Waals surface area contributed by atoms with Crippen LogP contribution >= 0.6 is 15.9 Å². The molecule has 0 amide bonds. The van der Waals surface area contributed by atoms with Gasteiger partial charge >= 0.3 is 0 Å². The van der Waals surface area contributed by atoms with Gasteiger partial charge in [-0.25, -0.2) is 0 Å². The summed E-state index contributed by atoms with van der Waals surface area (Å²) in [6.45, 7) is 0. The summed E-state index contributed by atoms with van der Waals surface area (Å²) in [5.41, 5.74) is 6.96. The van der Waals surface area contributed by atoms with Crippen LogP contribution in [0.25, 0.3) is 0 Å². The van der Waals surface area contributed by atoms with Crippen molar-refractivity contribution in [1.82, 2.24) is 0 Å². The maximum absolute atomic E-state index is 10.7. The number of nitrogens with two attached hydrogens (primary N) is 1. The molecule has 74 valence electrons. The van der Waals surface area contributed by atoms with Crippen molar-refractivity contribution >= 4 is 27.3 Å². The van der Waals surface area contributed by atoms with Crippen LogP contribution in [0.1, 0.15) is 24.3 Å². The molecule has 0 bridgehead atoms. The molecule has 2 N–H and O–H groups in total. The van der Waals surface area contributed by atoms with Gasteiger partial charge in [0.1, 0.15) is 5.69 Å². The Morgan fingerprint density at radius 1 is 1.50 bits per heavy atom. The molecule has 0 aliphatic heterocycles. The number of anilines is 1. The highest BCUT2D eigenvalue weighted by Gasteiger charge is 2.29. The predicted molar refractivity (Wildman–Crippen MR) is 57.2 cm³/mol. The van der Waals surface area contributed by atoms with Gasteiger partial charge in [-0.2, -0.15) is 0 Å². The second kappa shape index (κ2) is 3.24. The third-order valence-corrected chi connectivity index (χ3v) is 2.83. The molecule has 1 aliphatic carbocycles. The summed E-state index contributed by atoms with van der Waals surface area (Å²) in [4.78, 5) is 10.2. The number of hydrogen-bond acceptors (Lipinski definition) is 3. The Morgan fingerprint density at radius 3 is 2.64 bits per heavy atom. The highest BCUT2D eigenvalue weighted by molar-refractivity contribution is 9.10. The Kier molecular flexibility index (Phi) is 2.19. The first-order valence-corrected chi connectivity index (χ1v) is 5.12. The minimum Gasteiger partial charge on any atom is -0.393 e. The van der Waals surface area contributed by atoms with Crippen molar-refractivity contribution in [1.29, 1.82) is 0 Å². The number of hydrogen-bond donors (Lipinski definition) is 1. The highest BCUT2D eigenvalue weighted by atomic mass is 79.9. The molecule has 5 heteroatoms. The highest BCUT2D eigenvalue weighted by Crippen LogP contribution is 2.46. The van der Waals surface area contributed by atoms with Gasteiger partial charge in [0.15, 0.2) is 0 Å². The van der Waals surface area contributed by atoms with E-state index in [0.29, 0.717) is 11.6 Å². The lowest BCUT2D eigenvalue weighted by molar-refractivity contribution is -0.384. The molecular weight excluding hydrogens is 248 g/mol. The van der Waals surface area contributed by atoms with E-state index in [9.17, 15) is 10.1 Å². The third-order valence-electron chi connectivity index (χ3n) is 2.37. The van der Waals surface area contributed by atoms with Gasteiger partial charge in [0.05, 0.1) is 4.92 Å². The Hall–Kier alpha value is -1.10. The van der Waals surface area contributed by atoms with Crippen LogP contribution < -0.4 is 5.73 Å². The standard InChI is InChI=1S/C9H9BrN2O2/c10-6-3-7(5-1-2-5)9(11)8(4-6)12(13)14/h3-5H,1-2,11H2. The second-order valence-corrected chi connectivity index (χ2v) is 4.37. The molecule has 1 aromatic carbocycles. The van der Waals surface area contributed by atoms with Crippen molar-refractivity contribution in [2.24, 2.45) is 0 Å². The molecular formula is C9H9BrN2O2. The van der Waals surface area contributed by atoms with Crippen molar-refractivity contribution in [3.8, 4) is 0 Å². The Balaban J connectivity index is 2.55. The van der Waals surface area contributed by atoms with E-state index in [2.05, 4.69) is 15.9 Å². The monoisotopic (exact) mass is 256 g/mol. The summed E-state index contributed by atoms with van der Waals surface area (Å²) in [5, 5.41) is 10.7. The van der Waals surface area contributed by atoms with Crippen LogP contribution in [0.5, 0.6) is 0 Å². The van der Waals surface area contributed by atoms with Gasteiger partial charge < -0.3 is 5.73 Å². The molecule has 0 spiro atoms. The zero-order chi connectivity index (χ0) is 10.3. The van der Waals surface area contributed by atoms with E-state index < -0.39 is 4.92 Å². The van der Waals surface area contributed by atoms with Crippen LogP contribution in [0.3, 0.4) is 0 Å². The Labute approximate surface area is 89.4 Å². The number of halogens is 1. The van der Waals surface area contributed by atoms with Crippen molar-refractivity contribution in [3.05, 3.63) is 32.3 Å². The van der Waals surface area contributed by atoms with Gasteiger partial charge in [-0.05, 0) is 30.4 Å². The fourth-order valence-electron chi connectivity index (χ4n) is 1.51. The van der Waals surface area contributed by atoms with Crippen LogP contribution in [-0.2, 0) is 0 Å². The normalized spacial score (nSPS) is 15.5. The topological polar surface area (TPSA) is 69.2 Å². The average Bonchev–Trinajstić information content (AvgIpc) is 2.91. The average molecular weight is 257 g/mol. The van der Waals surface area contributed by atoms with E-state index in [4.69, 9.17) is 5.73 Å². The summed E-state index contributed by atoms with van der Waals surface area (Å²) in [6, 6.07) is 3.32. The lowest BCUT2D eigenvalue weighted by Crippen LogP contribution is -1.99. The van der Waals surface area contributed by atoms with Crippen molar-refractivity contribution in [2.45, 2.75) is 18.8 Å². The minimum absolute atomic E-state index is 0.00118. The first-order valence-electron chi connectivity index (χ1n) is 4.33. The molecule has 14 heavy (non-hydrogen) atoms. The predicted octanol–water partition coefficient (Wildman–Crippen LogP) is 2.82. The quantitative estimate of drug-likeness (QED) is 0.503. The van der Waals surface area contributed by atoms with Crippen molar-refractivity contribution in [2.75, 3.05) is 5.73 Å². The minimum atomic E-state index is -0.439. The largest absolute Gasteiger partial charge is 0.393 e. The van der Waals surface area contributed by atoms with Crippen molar-refractivity contribution in [3.63, 3.8) is 0 Å². The number of benzene rings is 1. The number of nitrogen functional groups attached to an aromatic ring is 1. The van der Waals surface area contributed by atoms with Gasteiger partial charge in [0.2, 0.25) is 0 Å². The van der Waals surface area contributed by atoms with Crippen LogP contribution in [-0.4, -0.2) is 4.92 Å². The fourth-order valence-corrected chi connectivity index (χ4v) is 1.97. The Bertz CT molecular complexity index is 402. The summed E-state index contributed by atoms with van der Waals surface area (Å²) in [7, 11) is 0. The van der Waals surface area contributed by atoms with E-state index in [-0.39, 0.29) is 5.69 Å². The zero-order valence-electron chi connectivity index (χ0n) is 7.37. The SMILES string of the molecule is Nc1c(C2CC2)cc(Br)cc1[N+](=O)[O-]. The lowest BCUT2D eigenvalue weighted by Gasteiger charge is -2.05. The lowest BCUT2D eigenvalue weighted by atomic mass is 10.1. The molecule has 1 aliphatic rings. The van der Waals surface area contributed by atoms with Crippen molar-refractivity contribution < 1.29 is 4.92 Å². The maximum Gasteiger partial charge on any atom is 0.293 e. The van der Waals surface area contributed by atoms with Crippen LogP contribution in [0.15, 0.2) is 16.6 Å². The van der Waals surface area contributed by atoms with E-state index in [1.165, 1.54) is 6.07 Å². The molecule has 0 unspecified atom stereocenters. The van der Waals surface area contributed by atoms with Gasteiger partial charge in [0.25, 0.3) is 5.69 Å². The fraction of sp³-hybridized carbons (Fsp3) is 0.333. The summed E-state index contributed by atoms with van der Waals surface area (Å²) in [5.74, 6) is 0.422. The molecule has 1 fully saturated rings. The summed E-state index contributed by atoms with van der Waals surface area (Å²) in [6.07, 6.45) is 2.16. The van der Waals surface area contributed by atoms with Crippen LogP contribution in [0.2, 0.25) is 0 Å². The van der Waals surface area contributed by atoms with Crippen LogP contribution in [0.4, 0.5) is 11.4 Å². The molecule has 0 heterocycles. The number of nitrogens with zero attached hydrogens (tertiary/aromatic N) is 1. The number of rotatable bonds is 2. The molecule has 0 saturated heterocycles. The molecule has 1 saturated carbocycles. The van der Waals surface area contributed by atoms with Gasteiger partial charge in [-0.15, -0.1) is 0 Å². The molecule has 1 aromatic rings. The maximum atomic E-state index is 10.7. The molecule has 0 atom stereocenters. The number of nitro groups is 1.